The highest BCUT2D eigenvalue weighted by atomic mass is 32.2. The van der Waals surface area contributed by atoms with Gasteiger partial charge in [-0.3, -0.25) is 15.6 Å². The van der Waals surface area contributed by atoms with Crippen LogP contribution in [0.3, 0.4) is 0 Å². The van der Waals surface area contributed by atoms with Gasteiger partial charge in [0, 0.05) is 17.6 Å². The zero-order valence-corrected chi connectivity index (χ0v) is 16.4. The van der Waals surface area contributed by atoms with Crippen molar-refractivity contribution < 1.29 is 13.6 Å². The van der Waals surface area contributed by atoms with E-state index in [0.29, 0.717) is 28.2 Å². The van der Waals surface area contributed by atoms with Gasteiger partial charge in [0.15, 0.2) is 5.11 Å². The number of aryl methyl sites for hydroxylation is 1. The Morgan fingerprint density at radius 3 is 2.57 bits per heavy atom. The molecule has 0 aliphatic carbocycles. The number of amides is 1. The van der Waals surface area contributed by atoms with Gasteiger partial charge in [0.2, 0.25) is 5.91 Å². The molecule has 10 heteroatoms. The zero-order valence-electron chi connectivity index (χ0n) is 14.8. The summed E-state index contributed by atoms with van der Waals surface area (Å²) in [5.41, 5.74) is 7.51. The second-order valence-corrected chi connectivity index (χ2v) is 7.25. The minimum atomic E-state index is -2.46. The minimum Gasteiger partial charge on any atom is -0.331 e. The number of nitrogens with one attached hydrogen (secondary N) is 3. The van der Waals surface area contributed by atoms with Gasteiger partial charge in [-0.1, -0.05) is 23.9 Å². The summed E-state index contributed by atoms with van der Waals surface area (Å²) < 4.78 is 26.5. The number of aromatic nitrogens is 2. The Morgan fingerprint density at radius 1 is 1.18 bits per heavy atom. The first-order valence-corrected chi connectivity index (χ1v) is 9.52. The van der Waals surface area contributed by atoms with Crippen molar-refractivity contribution in [2.24, 2.45) is 7.05 Å². The number of fused-ring (bicyclic) bond motifs is 1. The number of rotatable bonds is 5. The van der Waals surface area contributed by atoms with E-state index in [1.165, 1.54) is 0 Å². The number of hydrogen-bond donors (Lipinski definition) is 3. The van der Waals surface area contributed by atoms with Crippen LogP contribution >= 0.6 is 24.0 Å². The lowest BCUT2D eigenvalue weighted by Crippen LogP contribution is -2.44. The van der Waals surface area contributed by atoms with Gasteiger partial charge in [-0.05, 0) is 48.6 Å². The molecule has 0 saturated carbocycles. The monoisotopic (exact) mass is 421 g/mol. The molecule has 28 heavy (non-hydrogen) atoms. The van der Waals surface area contributed by atoms with Crippen LogP contribution in [0.25, 0.3) is 11.0 Å². The molecule has 1 aromatic heterocycles. The predicted molar refractivity (Wildman–Crippen MR) is 110 cm³/mol. The van der Waals surface area contributed by atoms with Crippen LogP contribution in [0.4, 0.5) is 14.5 Å². The molecule has 1 heterocycles. The van der Waals surface area contributed by atoms with Crippen molar-refractivity contribution in [3.63, 3.8) is 0 Å². The molecular weight excluding hydrogens is 404 g/mol. The van der Waals surface area contributed by atoms with Crippen molar-refractivity contribution in [3.8, 4) is 0 Å². The maximum absolute atomic E-state index is 12.3. The van der Waals surface area contributed by atoms with Gasteiger partial charge in [-0.25, -0.2) is 4.98 Å². The largest absolute Gasteiger partial charge is 0.331 e. The van der Waals surface area contributed by atoms with Crippen LogP contribution in [0.5, 0.6) is 0 Å². The number of para-hydroxylation sites is 2. The third kappa shape index (κ3) is 5.17. The highest BCUT2D eigenvalue weighted by Gasteiger charge is 2.12. The number of hydrazine groups is 1. The summed E-state index contributed by atoms with van der Waals surface area (Å²) in [6, 6.07) is 14.0. The fourth-order valence-electron chi connectivity index (χ4n) is 2.55. The number of carbonyl (C=O) groups is 1. The van der Waals surface area contributed by atoms with E-state index in [9.17, 15) is 13.6 Å². The van der Waals surface area contributed by atoms with Crippen LogP contribution in [0.1, 0.15) is 5.82 Å². The summed E-state index contributed by atoms with van der Waals surface area (Å²) in [4.78, 5) is 17.1. The predicted octanol–water partition coefficient (Wildman–Crippen LogP) is 3.45. The van der Waals surface area contributed by atoms with E-state index in [1.54, 1.807) is 24.3 Å². The van der Waals surface area contributed by atoms with Crippen LogP contribution in [0.15, 0.2) is 53.4 Å². The number of carbonyl (C=O) groups excluding carboxylic acids is 1. The Balaban J connectivity index is 1.49. The van der Waals surface area contributed by atoms with Gasteiger partial charge < -0.3 is 9.88 Å². The van der Waals surface area contributed by atoms with Gasteiger partial charge >= 0.3 is 0 Å². The quantitative estimate of drug-likeness (QED) is 0.333. The maximum Gasteiger partial charge on any atom is 0.288 e. The highest BCUT2D eigenvalue weighted by molar-refractivity contribution is 7.99. The lowest BCUT2D eigenvalue weighted by molar-refractivity contribution is -0.121. The Morgan fingerprint density at radius 2 is 1.89 bits per heavy atom. The molecule has 0 fully saturated rings. The lowest BCUT2D eigenvalue weighted by Gasteiger charge is -2.12. The maximum atomic E-state index is 12.3. The smallest absolute Gasteiger partial charge is 0.288 e. The fourth-order valence-corrected chi connectivity index (χ4v) is 3.22. The van der Waals surface area contributed by atoms with E-state index in [0.717, 1.165) is 11.0 Å². The molecule has 0 aliphatic rings. The standard InChI is InChI=1S/C18H17F2N5OS2/c1-25-14-5-3-2-4-13(14)22-15(25)10-16(26)23-24-18(27)21-11-6-8-12(9-7-11)28-17(19)20/h2-9,17H,10H2,1H3,(H,23,26)(H2,21,24,27). The number of thiocarbonyl (C=S) groups is 1. The van der Waals surface area contributed by atoms with E-state index >= 15 is 0 Å². The molecule has 0 saturated heterocycles. The normalized spacial score (nSPS) is 10.9. The van der Waals surface area contributed by atoms with Crippen molar-refractivity contribution in [3.05, 3.63) is 54.4 Å². The summed E-state index contributed by atoms with van der Waals surface area (Å²) in [5.74, 6) is -2.13. The van der Waals surface area contributed by atoms with E-state index in [2.05, 4.69) is 21.2 Å². The Kier molecular flexibility index (Phi) is 6.42. The van der Waals surface area contributed by atoms with Crippen molar-refractivity contribution in [2.75, 3.05) is 5.32 Å². The molecule has 3 N–H and O–H groups in total. The first-order chi connectivity index (χ1) is 13.4. The van der Waals surface area contributed by atoms with E-state index in [4.69, 9.17) is 12.2 Å². The van der Waals surface area contributed by atoms with Crippen molar-refractivity contribution in [2.45, 2.75) is 17.1 Å². The second-order valence-electron chi connectivity index (χ2n) is 5.78. The third-order valence-corrected chi connectivity index (χ3v) is 4.78. The molecular formula is C18H17F2N5OS2. The summed E-state index contributed by atoms with van der Waals surface area (Å²) in [7, 11) is 1.85. The van der Waals surface area contributed by atoms with Gasteiger partial charge in [-0.2, -0.15) is 8.78 Å². The van der Waals surface area contributed by atoms with Crippen LogP contribution in [-0.2, 0) is 18.3 Å². The molecule has 0 radical (unpaired) electrons. The molecule has 3 rings (SSSR count). The number of imidazole rings is 1. The van der Waals surface area contributed by atoms with E-state index in [1.807, 2.05) is 35.9 Å². The number of nitrogens with zero attached hydrogens (tertiary/aromatic N) is 2. The topological polar surface area (TPSA) is 71.0 Å². The summed E-state index contributed by atoms with van der Waals surface area (Å²) >= 11 is 5.59. The van der Waals surface area contributed by atoms with Gasteiger partial charge in [0.1, 0.15) is 5.82 Å². The van der Waals surface area contributed by atoms with Gasteiger partial charge in [0.05, 0.1) is 17.5 Å². The van der Waals surface area contributed by atoms with Crippen LogP contribution < -0.4 is 16.2 Å². The number of thioether (sulfide) groups is 1. The molecule has 3 aromatic rings. The number of anilines is 1. The Bertz CT molecular complexity index is 991. The molecule has 6 nitrogen and oxygen atoms in total. The molecule has 0 bridgehead atoms. The first kappa shape index (κ1) is 20.0. The average Bonchev–Trinajstić information content (AvgIpc) is 2.97. The number of halogens is 2. The fraction of sp³-hybridized carbons (Fsp3) is 0.167. The minimum absolute atomic E-state index is 0.0837. The summed E-state index contributed by atoms with van der Waals surface area (Å²) in [6.07, 6.45) is 0.0837. The molecule has 0 atom stereocenters. The average molecular weight is 421 g/mol. The number of benzene rings is 2. The third-order valence-electron chi connectivity index (χ3n) is 3.85. The summed E-state index contributed by atoms with van der Waals surface area (Å²) in [5, 5.41) is 3.04. The van der Waals surface area contributed by atoms with E-state index < -0.39 is 5.76 Å². The molecule has 0 aliphatic heterocycles. The molecule has 146 valence electrons. The second kappa shape index (κ2) is 8.98. The Labute approximate surface area is 169 Å². The number of alkyl halides is 2. The molecule has 0 spiro atoms. The molecule has 2 aromatic carbocycles. The van der Waals surface area contributed by atoms with Crippen LogP contribution in [0, 0.1) is 0 Å². The van der Waals surface area contributed by atoms with Crippen LogP contribution in [-0.4, -0.2) is 26.3 Å². The van der Waals surface area contributed by atoms with Crippen molar-refractivity contribution in [1.82, 2.24) is 20.4 Å². The van der Waals surface area contributed by atoms with Crippen molar-refractivity contribution in [1.29, 1.82) is 0 Å². The number of hydrogen-bond acceptors (Lipinski definition) is 4. The molecule has 0 unspecified atom stereocenters. The van der Waals surface area contributed by atoms with Crippen molar-refractivity contribution >= 4 is 51.7 Å². The van der Waals surface area contributed by atoms with Gasteiger partial charge in [0.25, 0.3) is 5.76 Å². The molecule has 1 amide bonds. The SMILES string of the molecule is Cn1c(CC(=O)NNC(=S)Nc2ccc(SC(F)F)cc2)nc2ccccc21. The first-order valence-electron chi connectivity index (χ1n) is 8.23. The summed E-state index contributed by atoms with van der Waals surface area (Å²) in [6.45, 7) is 0. The Hall–Kier alpha value is -2.72. The highest BCUT2D eigenvalue weighted by Crippen LogP contribution is 2.26. The van der Waals surface area contributed by atoms with Gasteiger partial charge in [-0.15, -0.1) is 0 Å². The van der Waals surface area contributed by atoms with Crippen LogP contribution in [0.2, 0.25) is 0 Å². The lowest BCUT2D eigenvalue weighted by atomic mass is 10.3. The van der Waals surface area contributed by atoms with E-state index in [-0.39, 0.29) is 17.4 Å². The zero-order chi connectivity index (χ0) is 20.1.